The van der Waals surface area contributed by atoms with Crippen molar-refractivity contribution in [1.82, 2.24) is 15.4 Å². The zero-order chi connectivity index (χ0) is 22.9. The summed E-state index contributed by atoms with van der Waals surface area (Å²) in [5.74, 6) is 0.0347. The van der Waals surface area contributed by atoms with Crippen molar-refractivity contribution in [2.24, 2.45) is 0 Å². The van der Waals surface area contributed by atoms with Gasteiger partial charge >= 0.3 is 0 Å². The van der Waals surface area contributed by atoms with Crippen LogP contribution in [0.4, 0.5) is 4.39 Å². The van der Waals surface area contributed by atoms with Crippen LogP contribution in [-0.4, -0.2) is 42.7 Å². The third kappa shape index (κ3) is 6.39. The summed E-state index contributed by atoms with van der Waals surface area (Å²) < 4.78 is 28.5. The Labute approximate surface area is 184 Å². The van der Waals surface area contributed by atoms with Gasteiger partial charge in [0.25, 0.3) is 5.91 Å². The lowest BCUT2D eigenvalue weighted by Gasteiger charge is -2.21. The Kier molecular flexibility index (Phi) is 7.93. The lowest BCUT2D eigenvalue weighted by Crippen LogP contribution is -2.32. The van der Waals surface area contributed by atoms with Crippen LogP contribution in [0.25, 0.3) is 0 Å². The zero-order valence-electron chi connectivity index (χ0n) is 17.8. The first kappa shape index (κ1) is 23.0. The smallest absolute Gasteiger partial charge is 0.273 e. The molecule has 0 unspecified atom stereocenters. The van der Waals surface area contributed by atoms with Gasteiger partial charge in [-0.05, 0) is 35.4 Å². The Morgan fingerprint density at radius 1 is 1.03 bits per heavy atom. The highest BCUT2D eigenvalue weighted by atomic mass is 19.1. The molecule has 0 radical (unpaired) electrons. The van der Waals surface area contributed by atoms with Gasteiger partial charge in [-0.3, -0.25) is 9.59 Å². The minimum Gasteiger partial charge on any atom is -0.497 e. The summed E-state index contributed by atoms with van der Waals surface area (Å²) in [6.07, 6.45) is 0. The number of hydrogen-bond donors (Lipinski definition) is 1. The minimum atomic E-state index is -0.399. The molecule has 0 spiro atoms. The normalized spacial score (nSPS) is 10.6. The second kappa shape index (κ2) is 11.1. The van der Waals surface area contributed by atoms with Crippen molar-refractivity contribution in [3.63, 3.8) is 0 Å². The predicted molar refractivity (Wildman–Crippen MR) is 113 cm³/mol. The molecule has 0 aliphatic rings. The van der Waals surface area contributed by atoms with Crippen LogP contribution in [0.5, 0.6) is 5.75 Å². The fourth-order valence-corrected chi connectivity index (χ4v) is 2.96. The molecule has 3 aromatic rings. The molecule has 0 atom stereocenters. The number of amides is 2. The number of carbonyl (C=O) groups is 2. The topological polar surface area (TPSA) is 93.9 Å². The molecule has 2 aromatic carbocycles. The quantitative estimate of drug-likeness (QED) is 0.520. The molecule has 3 rings (SSSR count). The van der Waals surface area contributed by atoms with Gasteiger partial charge in [-0.1, -0.05) is 29.4 Å². The third-order valence-corrected chi connectivity index (χ3v) is 4.66. The summed E-state index contributed by atoms with van der Waals surface area (Å²) in [4.78, 5) is 26.3. The Bertz CT molecular complexity index is 1030. The fraction of sp³-hybridized carbons (Fsp3) is 0.261. The van der Waals surface area contributed by atoms with Crippen molar-refractivity contribution in [2.45, 2.75) is 19.6 Å². The van der Waals surface area contributed by atoms with Gasteiger partial charge in [0.05, 0.1) is 13.7 Å². The molecule has 9 heteroatoms. The van der Waals surface area contributed by atoms with E-state index in [1.54, 1.807) is 19.2 Å². The number of halogens is 1. The number of methoxy groups -OCH3 is 2. The van der Waals surface area contributed by atoms with Crippen LogP contribution in [-0.2, 0) is 29.2 Å². The van der Waals surface area contributed by atoms with Crippen molar-refractivity contribution in [1.29, 1.82) is 0 Å². The molecule has 32 heavy (non-hydrogen) atoms. The lowest BCUT2D eigenvalue weighted by atomic mass is 10.2. The predicted octanol–water partition coefficient (Wildman–Crippen LogP) is 2.93. The zero-order valence-corrected chi connectivity index (χ0v) is 17.8. The van der Waals surface area contributed by atoms with Gasteiger partial charge in [0.2, 0.25) is 5.91 Å². The minimum absolute atomic E-state index is 0.0817. The van der Waals surface area contributed by atoms with Crippen LogP contribution < -0.4 is 10.1 Å². The SMILES string of the molecule is COCC(=O)N(Cc1ccc(F)cc1)Cc1cc(C(=O)NCc2ccc(OC)cc2)no1. The first-order valence-corrected chi connectivity index (χ1v) is 9.86. The van der Waals surface area contributed by atoms with E-state index in [2.05, 4.69) is 10.5 Å². The van der Waals surface area contributed by atoms with Crippen molar-refractivity contribution in [3.8, 4) is 5.75 Å². The molecule has 2 amide bonds. The Hall–Kier alpha value is -3.72. The van der Waals surface area contributed by atoms with Crippen LogP contribution in [0.3, 0.4) is 0 Å². The van der Waals surface area contributed by atoms with Gasteiger partial charge in [0.1, 0.15) is 18.2 Å². The lowest BCUT2D eigenvalue weighted by molar-refractivity contribution is -0.136. The first-order chi connectivity index (χ1) is 15.5. The van der Waals surface area contributed by atoms with Gasteiger partial charge in [0, 0.05) is 26.3 Å². The number of aromatic nitrogens is 1. The summed E-state index contributed by atoms with van der Waals surface area (Å²) in [5, 5.41) is 6.58. The number of benzene rings is 2. The van der Waals surface area contributed by atoms with Crippen LogP contribution in [0, 0.1) is 5.82 Å². The maximum atomic E-state index is 13.2. The van der Waals surface area contributed by atoms with E-state index in [4.69, 9.17) is 14.0 Å². The summed E-state index contributed by atoms with van der Waals surface area (Å²) in [7, 11) is 3.01. The van der Waals surface area contributed by atoms with Crippen molar-refractivity contribution >= 4 is 11.8 Å². The van der Waals surface area contributed by atoms with Gasteiger partial charge in [0.15, 0.2) is 11.5 Å². The molecular formula is C23H24FN3O5. The van der Waals surface area contributed by atoms with Crippen molar-refractivity contribution in [3.05, 3.63) is 83.0 Å². The monoisotopic (exact) mass is 441 g/mol. The van der Waals surface area contributed by atoms with Crippen LogP contribution in [0.1, 0.15) is 27.4 Å². The first-order valence-electron chi connectivity index (χ1n) is 9.86. The fourth-order valence-electron chi connectivity index (χ4n) is 2.96. The van der Waals surface area contributed by atoms with E-state index < -0.39 is 5.91 Å². The van der Waals surface area contributed by atoms with E-state index in [1.165, 1.54) is 30.2 Å². The second-order valence-electron chi connectivity index (χ2n) is 7.02. The highest BCUT2D eigenvalue weighted by Crippen LogP contribution is 2.14. The van der Waals surface area contributed by atoms with E-state index in [1.807, 2.05) is 24.3 Å². The number of nitrogens with zero attached hydrogens (tertiary/aromatic N) is 2. The molecule has 8 nitrogen and oxygen atoms in total. The molecule has 0 fully saturated rings. The Morgan fingerprint density at radius 3 is 2.38 bits per heavy atom. The molecule has 0 aliphatic heterocycles. The molecule has 0 saturated carbocycles. The highest BCUT2D eigenvalue weighted by Gasteiger charge is 2.19. The summed E-state index contributed by atoms with van der Waals surface area (Å²) in [6.45, 7) is 0.499. The van der Waals surface area contributed by atoms with Gasteiger partial charge in [-0.25, -0.2) is 4.39 Å². The summed E-state index contributed by atoms with van der Waals surface area (Å²) in [5.41, 5.74) is 1.75. The molecular weight excluding hydrogens is 417 g/mol. The molecule has 0 saturated heterocycles. The third-order valence-electron chi connectivity index (χ3n) is 4.66. The van der Waals surface area contributed by atoms with Crippen molar-refractivity contribution in [2.75, 3.05) is 20.8 Å². The number of rotatable bonds is 10. The highest BCUT2D eigenvalue weighted by molar-refractivity contribution is 5.92. The van der Waals surface area contributed by atoms with Crippen molar-refractivity contribution < 1.29 is 28.0 Å². The van der Waals surface area contributed by atoms with Crippen LogP contribution >= 0.6 is 0 Å². The number of ether oxygens (including phenoxy) is 2. The number of carbonyl (C=O) groups excluding carboxylic acids is 2. The van der Waals surface area contributed by atoms with Crippen LogP contribution in [0.2, 0.25) is 0 Å². The average molecular weight is 441 g/mol. The number of hydrogen-bond acceptors (Lipinski definition) is 6. The average Bonchev–Trinajstić information content (AvgIpc) is 3.27. The van der Waals surface area contributed by atoms with E-state index in [9.17, 15) is 14.0 Å². The molecule has 0 aliphatic carbocycles. The van der Waals surface area contributed by atoms with E-state index in [0.717, 1.165) is 16.9 Å². The van der Waals surface area contributed by atoms with Crippen LogP contribution in [0.15, 0.2) is 59.1 Å². The number of nitrogens with one attached hydrogen (secondary N) is 1. The standard InChI is InChI=1S/C23H24FN3O5/c1-30-15-22(28)27(13-17-3-7-18(24)8-4-17)14-20-11-21(26-32-20)23(29)25-12-16-5-9-19(31-2)10-6-16/h3-11H,12-15H2,1-2H3,(H,25,29). The van der Waals surface area contributed by atoms with E-state index in [0.29, 0.717) is 12.3 Å². The molecule has 1 N–H and O–H groups in total. The summed E-state index contributed by atoms with van der Waals surface area (Å²) >= 11 is 0. The Morgan fingerprint density at radius 2 is 1.72 bits per heavy atom. The van der Waals surface area contributed by atoms with Gasteiger partial charge < -0.3 is 24.2 Å². The molecule has 1 aromatic heterocycles. The second-order valence-corrected chi connectivity index (χ2v) is 7.02. The Balaban J connectivity index is 1.62. The van der Waals surface area contributed by atoms with Gasteiger partial charge in [-0.2, -0.15) is 0 Å². The largest absolute Gasteiger partial charge is 0.497 e. The molecule has 168 valence electrons. The van der Waals surface area contributed by atoms with E-state index in [-0.39, 0.29) is 37.1 Å². The van der Waals surface area contributed by atoms with Gasteiger partial charge in [-0.15, -0.1) is 0 Å². The molecule has 0 bridgehead atoms. The maximum absolute atomic E-state index is 13.2. The van der Waals surface area contributed by atoms with E-state index >= 15 is 0 Å². The summed E-state index contributed by atoms with van der Waals surface area (Å²) in [6, 6.07) is 14.7. The maximum Gasteiger partial charge on any atom is 0.273 e. The molecule has 1 heterocycles.